The molecule has 2 rings (SSSR count). The van der Waals surface area contributed by atoms with E-state index in [-0.39, 0.29) is 0 Å². The maximum atomic E-state index is 3.88. The summed E-state index contributed by atoms with van der Waals surface area (Å²) >= 11 is 2.13. The summed E-state index contributed by atoms with van der Waals surface area (Å²) in [5.74, 6) is 4.58. The normalized spacial score (nSPS) is 37.9. The van der Waals surface area contributed by atoms with E-state index in [1.165, 1.54) is 50.2 Å². The first kappa shape index (κ1) is 13.7. The Balaban J connectivity index is 1.76. The zero-order valence-electron chi connectivity index (χ0n) is 11.8. The lowest BCUT2D eigenvalue weighted by Gasteiger charge is -2.40. The third-order valence-electron chi connectivity index (χ3n) is 4.82. The van der Waals surface area contributed by atoms with Crippen LogP contribution in [0.5, 0.6) is 0 Å². The van der Waals surface area contributed by atoms with Crippen molar-refractivity contribution in [2.45, 2.75) is 58.9 Å². The van der Waals surface area contributed by atoms with Crippen molar-refractivity contribution in [2.75, 3.05) is 18.1 Å². The van der Waals surface area contributed by atoms with E-state index in [1.54, 1.807) is 0 Å². The molecule has 1 saturated heterocycles. The number of thioether (sulfide) groups is 1. The van der Waals surface area contributed by atoms with Gasteiger partial charge in [-0.15, -0.1) is 0 Å². The van der Waals surface area contributed by atoms with E-state index >= 15 is 0 Å². The minimum absolute atomic E-state index is 0.505. The quantitative estimate of drug-likeness (QED) is 0.820. The first-order valence-corrected chi connectivity index (χ1v) is 8.54. The van der Waals surface area contributed by atoms with Crippen LogP contribution < -0.4 is 5.32 Å². The van der Waals surface area contributed by atoms with Crippen LogP contribution in [0.1, 0.15) is 52.9 Å². The first-order valence-electron chi connectivity index (χ1n) is 7.39. The van der Waals surface area contributed by atoms with Gasteiger partial charge in [0.15, 0.2) is 0 Å². The third kappa shape index (κ3) is 3.89. The van der Waals surface area contributed by atoms with E-state index in [9.17, 15) is 0 Å². The highest BCUT2D eigenvalue weighted by atomic mass is 32.2. The molecule has 0 amide bonds. The van der Waals surface area contributed by atoms with E-state index in [1.807, 2.05) is 0 Å². The Morgan fingerprint density at radius 3 is 2.82 bits per heavy atom. The molecule has 3 atom stereocenters. The Kier molecular flexibility index (Phi) is 4.82. The molecular formula is C15H29NS. The summed E-state index contributed by atoms with van der Waals surface area (Å²) in [7, 11) is 0. The standard InChI is InChI=1S/C15H29NS/c1-12-5-4-6-13(9-12)10-16-14-11-17-8-7-15(14,2)3/h12-14,16H,4-11H2,1-3H3. The van der Waals surface area contributed by atoms with Crippen molar-refractivity contribution in [1.29, 1.82) is 0 Å². The lowest BCUT2D eigenvalue weighted by atomic mass is 9.80. The highest BCUT2D eigenvalue weighted by Crippen LogP contribution is 2.35. The maximum absolute atomic E-state index is 3.88. The maximum Gasteiger partial charge on any atom is 0.0209 e. The van der Waals surface area contributed by atoms with Gasteiger partial charge < -0.3 is 5.32 Å². The molecule has 1 N–H and O–H groups in total. The fourth-order valence-corrected chi connectivity index (χ4v) is 4.97. The van der Waals surface area contributed by atoms with Crippen molar-refractivity contribution >= 4 is 11.8 Å². The van der Waals surface area contributed by atoms with Crippen LogP contribution in [0.25, 0.3) is 0 Å². The number of hydrogen-bond acceptors (Lipinski definition) is 2. The van der Waals surface area contributed by atoms with Crippen LogP contribution >= 0.6 is 11.8 Å². The van der Waals surface area contributed by atoms with Gasteiger partial charge in [0.1, 0.15) is 0 Å². The molecule has 1 nitrogen and oxygen atoms in total. The van der Waals surface area contributed by atoms with Crippen LogP contribution in [-0.2, 0) is 0 Å². The van der Waals surface area contributed by atoms with Gasteiger partial charge in [-0.1, -0.05) is 33.6 Å². The topological polar surface area (TPSA) is 12.0 Å². The molecule has 0 bridgehead atoms. The first-order chi connectivity index (χ1) is 8.08. The van der Waals surface area contributed by atoms with E-state index in [0.717, 1.165) is 17.9 Å². The predicted octanol–water partition coefficient (Wildman–Crippen LogP) is 3.93. The van der Waals surface area contributed by atoms with Gasteiger partial charge in [0.2, 0.25) is 0 Å². The predicted molar refractivity (Wildman–Crippen MR) is 78.6 cm³/mol. The van der Waals surface area contributed by atoms with Gasteiger partial charge in [-0.3, -0.25) is 0 Å². The van der Waals surface area contributed by atoms with Gasteiger partial charge in [0.25, 0.3) is 0 Å². The van der Waals surface area contributed by atoms with Crippen LogP contribution in [0.4, 0.5) is 0 Å². The van der Waals surface area contributed by atoms with Gasteiger partial charge in [-0.25, -0.2) is 0 Å². The largest absolute Gasteiger partial charge is 0.312 e. The Bertz CT molecular complexity index is 239. The minimum Gasteiger partial charge on any atom is -0.312 e. The number of hydrogen-bond donors (Lipinski definition) is 1. The smallest absolute Gasteiger partial charge is 0.0209 e. The second-order valence-electron chi connectivity index (χ2n) is 6.91. The van der Waals surface area contributed by atoms with Crippen molar-refractivity contribution in [2.24, 2.45) is 17.3 Å². The van der Waals surface area contributed by atoms with Crippen LogP contribution in [-0.4, -0.2) is 24.1 Å². The molecule has 2 aliphatic rings. The lowest BCUT2D eigenvalue weighted by Crippen LogP contribution is -2.48. The molecular weight excluding hydrogens is 226 g/mol. The van der Waals surface area contributed by atoms with E-state index in [0.29, 0.717) is 5.41 Å². The van der Waals surface area contributed by atoms with Gasteiger partial charge in [-0.2, -0.15) is 11.8 Å². The molecule has 2 fully saturated rings. The van der Waals surface area contributed by atoms with Crippen LogP contribution in [0.3, 0.4) is 0 Å². The molecule has 1 aliphatic carbocycles. The molecule has 0 aromatic carbocycles. The van der Waals surface area contributed by atoms with Crippen molar-refractivity contribution in [3.63, 3.8) is 0 Å². The summed E-state index contributed by atoms with van der Waals surface area (Å²) in [5.41, 5.74) is 0.505. The summed E-state index contributed by atoms with van der Waals surface area (Å²) in [5, 5.41) is 3.88. The summed E-state index contributed by atoms with van der Waals surface area (Å²) in [4.78, 5) is 0. The SMILES string of the molecule is CC1CCCC(CNC2CSCCC2(C)C)C1. The molecule has 0 aromatic rings. The van der Waals surface area contributed by atoms with Gasteiger partial charge in [0, 0.05) is 11.8 Å². The molecule has 1 heterocycles. The fourth-order valence-electron chi connectivity index (χ4n) is 3.33. The van der Waals surface area contributed by atoms with Gasteiger partial charge in [0.05, 0.1) is 0 Å². The molecule has 1 saturated carbocycles. The molecule has 3 unspecified atom stereocenters. The summed E-state index contributed by atoms with van der Waals surface area (Å²) in [6.45, 7) is 8.56. The van der Waals surface area contributed by atoms with Crippen LogP contribution in [0, 0.1) is 17.3 Å². The zero-order chi connectivity index (χ0) is 12.3. The van der Waals surface area contributed by atoms with Crippen LogP contribution in [0.15, 0.2) is 0 Å². The lowest BCUT2D eigenvalue weighted by molar-refractivity contribution is 0.213. The van der Waals surface area contributed by atoms with Crippen molar-refractivity contribution < 1.29 is 0 Å². The molecule has 100 valence electrons. The summed E-state index contributed by atoms with van der Waals surface area (Å²) in [6, 6.07) is 0.735. The Morgan fingerprint density at radius 1 is 1.29 bits per heavy atom. The third-order valence-corrected chi connectivity index (χ3v) is 5.88. The minimum atomic E-state index is 0.505. The average molecular weight is 255 g/mol. The molecule has 2 heteroatoms. The Morgan fingerprint density at radius 2 is 2.12 bits per heavy atom. The summed E-state index contributed by atoms with van der Waals surface area (Å²) in [6.07, 6.45) is 7.19. The highest BCUT2D eigenvalue weighted by Gasteiger charge is 2.32. The van der Waals surface area contributed by atoms with Crippen molar-refractivity contribution in [1.82, 2.24) is 5.32 Å². The van der Waals surface area contributed by atoms with Crippen molar-refractivity contribution in [3.05, 3.63) is 0 Å². The van der Waals surface area contributed by atoms with E-state index < -0.39 is 0 Å². The van der Waals surface area contributed by atoms with E-state index in [4.69, 9.17) is 0 Å². The Hall–Kier alpha value is 0.310. The van der Waals surface area contributed by atoms with Crippen molar-refractivity contribution in [3.8, 4) is 0 Å². The molecule has 1 aliphatic heterocycles. The number of rotatable bonds is 3. The highest BCUT2D eigenvalue weighted by molar-refractivity contribution is 7.99. The molecule has 0 radical (unpaired) electrons. The second-order valence-corrected chi connectivity index (χ2v) is 8.06. The molecule has 0 spiro atoms. The monoisotopic (exact) mass is 255 g/mol. The zero-order valence-corrected chi connectivity index (χ0v) is 12.6. The van der Waals surface area contributed by atoms with Gasteiger partial charge >= 0.3 is 0 Å². The molecule has 0 aromatic heterocycles. The molecule has 17 heavy (non-hydrogen) atoms. The Labute approximate surface area is 112 Å². The second kappa shape index (κ2) is 5.97. The number of nitrogens with one attached hydrogen (secondary N) is 1. The average Bonchev–Trinajstić information content (AvgIpc) is 2.27. The summed E-state index contributed by atoms with van der Waals surface area (Å²) < 4.78 is 0. The fraction of sp³-hybridized carbons (Fsp3) is 1.00. The van der Waals surface area contributed by atoms with Crippen LogP contribution in [0.2, 0.25) is 0 Å². The van der Waals surface area contributed by atoms with E-state index in [2.05, 4.69) is 37.8 Å². The van der Waals surface area contributed by atoms with Gasteiger partial charge in [-0.05, 0) is 48.8 Å².